The minimum Gasteiger partial charge on any atom is -0.341 e. The summed E-state index contributed by atoms with van der Waals surface area (Å²) in [6.07, 6.45) is 4.35. The predicted molar refractivity (Wildman–Crippen MR) is 87.3 cm³/mol. The minimum absolute atomic E-state index is 0.112. The standard InChI is InChI=1S/C18H28N2O/c1-4-15-8-10-16(11-9-15)17(5-2)19-14(3)18(21)20-12-6-7-13-20/h8-11,14,17,19H,4-7,12-13H2,1-3H3. The molecule has 0 radical (unpaired) electrons. The highest BCUT2D eigenvalue weighted by Gasteiger charge is 2.24. The third-order valence-electron chi connectivity index (χ3n) is 4.44. The molecule has 0 saturated carbocycles. The van der Waals surface area contributed by atoms with Crippen LogP contribution in [-0.4, -0.2) is 29.9 Å². The lowest BCUT2D eigenvalue weighted by Gasteiger charge is -2.26. The lowest BCUT2D eigenvalue weighted by molar-refractivity contribution is -0.132. The van der Waals surface area contributed by atoms with Crippen LogP contribution in [0.1, 0.15) is 57.2 Å². The van der Waals surface area contributed by atoms with E-state index in [9.17, 15) is 4.79 Å². The zero-order chi connectivity index (χ0) is 15.2. The fourth-order valence-electron chi connectivity index (χ4n) is 3.02. The van der Waals surface area contributed by atoms with Crippen molar-refractivity contribution >= 4 is 5.91 Å². The molecule has 1 aromatic rings. The van der Waals surface area contributed by atoms with Crippen molar-refractivity contribution in [3.8, 4) is 0 Å². The molecule has 3 nitrogen and oxygen atoms in total. The van der Waals surface area contributed by atoms with Gasteiger partial charge in [-0.25, -0.2) is 0 Å². The van der Waals surface area contributed by atoms with Crippen molar-refractivity contribution < 1.29 is 4.79 Å². The summed E-state index contributed by atoms with van der Waals surface area (Å²) in [5.74, 6) is 0.246. The van der Waals surface area contributed by atoms with Gasteiger partial charge in [0.05, 0.1) is 6.04 Å². The smallest absolute Gasteiger partial charge is 0.239 e. The second kappa shape index (κ2) is 7.60. The van der Waals surface area contributed by atoms with E-state index >= 15 is 0 Å². The van der Waals surface area contributed by atoms with Crippen LogP contribution in [0.5, 0.6) is 0 Å². The number of aryl methyl sites for hydroxylation is 1. The average Bonchev–Trinajstić information content (AvgIpc) is 3.06. The van der Waals surface area contributed by atoms with Gasteiger partial charge in [-0.3, -0.25) is 10.1 Å². The zero-order valence-corrected chi connectivity index (χ0v) is 13.6. The Hall–Kier alpha value is -1.35. The van der Waals surface area contributed by atoms with Crippen LogP contribution in [0.2, 0.25) is 0 Å². The van der Waals surface area contributed by atoms with E-state index in [0.717, 1.165) is 38.8 Å². The number of hydrogen-bond acceptors (Lipinski definition) is 2. The van der Waals surface area contributed by atoms with E-state index in [4.69, 9.17) is 0 Å². The quantitative estimate of drug-likeness (QED) is 0.871. The van der Waals surface area contributed by atoms with Gasteiger partial charge in [0.25, 0.3) is 0 Å². The molecule has 0 aliphatic carbocycles. The molecule has 1 saturated heterocycles. The zero-order valence-electron chi connectivity index (χ0n) is 13.6. The number of nitrogens with zero attached hydrogens (tertiary/aromatic N) is 1. The van der Waals surface area contributed by atoms with Crippen molar-refractivity contribution in [3.05, 3.63) is 35.4 Å². The first-order chi connectivity index (χ1) is 10.2. The second-order valence-electron chi connectivity index (χ2n) is 5.98. The molecule has 2 rings (SSSR count). The van der Waals surface area contributed by atoms with Crippen LogP contribution in [0, 0.1) is 0 Å². The van der Waals surface area contributed by atoms with E-state index in [2.05, 4.69) is 43.4 Å². The van der Waals surface area contributed by atoms with Gasteiger partial charge in [-0.1, -0.05) is 38.1 Å². The second-order valence-corrected chi connectivity index (χ2v) is 5.98. The van der Waals surface area contributed by atoms with Gasteiger partial charge in [-0.15, -0.1) is 0 Å². The van der Waals surface area contributed by atoms with Gasteiger partial charge in [0.2, 0.25) is 5.91 Å². The van der Waals surface area contributed by atoms with E-state index < -0.39 is 0 Å². The molecule has 2 unspecified atom stereocenters. The van der Waals surface area contributed by atoms with Crippen LogP contribution in [0.3, 0.4) is 0 Å². The molecule has 3 heteroatoms. The van der Waals surface area contributed by atoms with Crippen molar-refractivity contribution in [3.63, 3.8) is 0 Å². The molecule has 1 N–H and O–H groups in total. The van der Waals surface area contributed by atoms with Crippen molar-refractivity contribution in [2.45, 2.75) is 58.5 Å². The Labute approximate surface area is 128 Å². The maximum atomic E-state index is 12.4. The topological polar surface area (TPSA) is 32.3 Å². The SMILES string of the molecule is CCc1ccc(C(CC)NC(C)C(=O)N2CCCC2)cc1. The fourth-order valence-corrected chi connectivity index (χ4v) is 3.02. The minimum atomic E-state index is -0.112. The van der Waals surface area contributed by atoms with E-state index in [0.29, 0.717) is 0 Å². The molecular formula is C18H28N2O. The molecule has 1 amide bonds. The lowest BCUT2D eigenvalue weighted by Crippen LogP contribution is -2.44. The van der Waals surface area contributed by atoms with Crippen molar-refractivity contribution in [1.82, 2.24) is 10.2 Å². The Morgan fingerprint density at radius 1 is 1.19 bits per heavy atom. The molecule has 0 aromatic heterocycles. The molecule has 1 aliphatic heterocycles. The number of likely N-dealkylation sites (tertiary alicyclic amines) is 1. The lowest BCUT2D eigenvalue weighted by atomic mass is 10.0. The Balaban J connectivity index is 1.98. The molecular weight excluding hydrogens is 260 g/mol. The van der Waals surface area contributed by atoms with Gasteiger partial charge in [0.15, 0.2) is 0 Å². The molecule has 21 heavy (non-hydrogen) atoms. The van der Waals surface area contributed by atoms with E-state index in [1.54, 1.807) is 0 Å². The van der Waals surface area contributed by atoms with E-state index in [1.165, 1.54) is 11.1 Å². The highest BCUT2D eigenvalue weighted by atomic mass is 16.2. The third-order valence-corrected chi connectivity index (χ3v) is 4.44. The van der Waals surface area contributed by atoms with E-state index in [-0.39, 0.29) is 18.0 Å². The number of carbonyl (C=O) groups excluding carboxylic acids is 1. The summed E-state index contributed by atoms with van der Waals surface area (Å²) in [6, 6.07) is 8.88. The number of amides is 1. The van der Waals surface area contributed by atoms with Crippen LogP contribution in [0.15, 0.2) is 24.3 Å². The largest absolute Gasteiger partial charge is 0.341 e. The van der Waals surface area contributed by atoms with Crippen molar-refractivity contribution in [2.75, 3.05) is 13.1 Å². The summed E-state index contributed by atoms with van der Waals surface area (Å²) < 4.78 is 0. The van der Waals surface area contributed by atoms with Crippen LogP contribution >= 0.6 is 0 Å². The molecule has 1 aliphatic rings. The normalized spacial score (nSPS) is 17.8. The first-order valence-electron chi connectivity index (χ1n) is 8.29. The van der Waals surface area contributed by atoms with Gasteiger partial charge < -0.3 is 4.90 Å². The third kappa shape index (κ3) is 4.07. The molecule has 1 aromatic carbocycles. The summed E-state index contributed by atoms with van der Waals surface area (Å²) >= 11 is 0. The molecule has 0 bridgehead atoms. The Bertz CT molecular complexity index is 449. The first kappa shape index (κ1) is 16.0. The van der Waals surface area contributed by atoms with Crippen LogP contribution in [0.4, 0.5) is 0 Å². The van der Waals surface area contributed by atoms with Crippen molar-refractivity contribution in [1.29, 1.82) is 0 Å². The maximum absolute atomic E-state index is 12.4. The molecule has 0 spiro atoms. The predicted octanol–water partition coefficient (Wildman–Crippen LogP) is 3.30. The number of nitrogens with one attached hydrogen (secondary N) is 1. The molecule has 1 fully saturated rings. The Kier molecular flexibility index (Phi) is 5.80. The highest BCUT2D eigenvalue weighted by molar-refractivity contribution is 5.81. The molecule has 2 atom stereocenters. The van der Waals surface area contributed by atoms with Crippen LogP contribution in [0.25, 0.3) is 0 Å². The average molecular weight is 288 g/mol. The van der Waals surface area contributed by atoms with Gasteiger partial charge in [-0.05, 0) is 43.7 Å². The molecule has 116 valence electrons. The van der Waals surface area contributed by atoms with Gasteiger partial charge >= 0.3 is 0 Å². The van der Waals surface area contributed by atoms with E-state index in [1.807, 2.05) is 11.8 Å². The van der Waals surface area contributed by atoms with Gasteiger partial charge in [-0.2, -0.15) is 0 Å². The molecule has 1 heterocycles. The number of rotatable bonds is 6. The highest BCUT2D eigenvalue weighted by Crippen LogP contribution is 2.19. The summed E-state index contributed by atoms with van der Waals surface area (Å²) in [4.78, 5) is 14.4. The maximum Gasteiger partial charge on any atom is 0.239 e. The number of carbonyl (C=O) groups is 1. The summed E-state index contributed by atoms with van der Waals surface area (Å²) in [7, 11) is 0. The number of hydrogen-bond donors (Lipinski definition) is 1. The van der Waals surface area contributed by atoms with Crippen LogP contribution < -0.4 is 5.32 Å². The fraction of sp³-hybridized carbons (Fsp3) is 0.611. The monoisotopic (exact) mass is 288 g/mol. The summed E-state index contributed by atoms with van der Waals surface area (Å²) in [5, 5.41) is 3.51. The summed E-state index contributed by atoms with van der Waals surface area (Å²) in [6.45, 7) is 8.17. The van der Waals surface area contributed by atoms with Crippen LogP contribution in [-0.2, 0) is 11.2 Å². The van der Waals surface area contributed by atoms with Crippen molar-refractivity contribution in [2.24, 2.45) is 0 Å². The number of benzene rings is 1. The Morgan fingerprint density at radius 3 is 2.33 bits per heavy atom. The van der Waals surface area contributed by atoms with Gasteiger partial charge in [0.1, 0.15) is 0 Å². The first-order valence-corrected chi connectivity index (χ1v) is 8.29. The Morgan fingerprint density at radius 2 is 1.81 bits per heavy atom. The summed E-state index contributed by atoms with van der Waals surface area (Å²) in [5.41, 5.74) is 2.63. The van der Waals surface area contributed by atoms with Gasteiger partial charge in [0, 0.05) is 19.1 Å².